The molecule has 8 nitrogen and oxygen atoms in total. The molecule has 194 valence electrons. The zero-order chi connectivity index (χ0) is 26.5. The van der Waals surface area contributed by atoms with Gasteiger partial charge in [-0.05, 0) is 63.7 Å². The van der Waals surface area contributed by atoms with E-state index in [0.29, 0.717) is 46.7 Å². The van der Waals surface area contributed by atoms with E-state index in [1.54, 1.807) is 24.4 Å². The Hall–Kier alpha value is -3.75. The Morgan fingerprint density at radius 1 is 1.03 bits per heavy atom. The van der Waals surface area contributed by atoms with Crippen molar-refractivity contribution in [2.75, 3.05) is 32.6 Å². The van der Waals surface area contributed by atoms with Crippen LogP contribution < -0.4 is 20.1 Å². The molecule has 2 amide bonds. The lowest BCUT2D eigenvalue weighted by Gasteiger charge is -2.16. The molecule has 4 rings (SSSR count). The van der Waals surface area contributed by atoms with Crippen LogP contribution in [0.1, 0.15) is 22.5 Å². The number of carbonyl (C=O) groups excluding carboxylic acids is 1. The van der Waals surface area contributed by atoms with Crippen LogP contribution >= 0.6 is 11.6 Å². The summed E-state index contributed by atoms with van der Waals surface area (Å²) >= 11 is 6.28. The molecule has 2 aromatic heterocycles. The van der Waals surface area contributed by atoms with Gasteiger partial charge in [-0.3, -0.25) is 4.98 Å². The second-order valence-electron chi connectivity index (χ2n) is 9.14. The summed E-state index contributed by atoms with van der Waals surface area (Å²) in [6, 6.07) is 12.6. The third-order valence-electron chi connectivity index (χ3n) is 5.72. The zero-order valence-corrected chi connectivity index (χ0v) is 22.4. The molecule has 0 aliphatic rings. The van der Waals surface area contributed by atoms with Gasteiger partial charge in [0, 0.05) is 42.5 Å². The third kappa shape index (κ3) is 6.72. The number of fused-ring (bicyclic) bond motifs is 1. The monoisotopic (exact) mass is 522 g/mol. The van der Waals surface area contributed by atoms with Crippen molar-refractivity contribution in [3.8, 4) is 17.2 Å². The van der Waals surface area contributed by atoms with Gasteiger partial charge in [-0.25, -0.2) is 4.79 Å². The Kier molecular flexibility index (Phi) is 8.21. The molecular weight excluding hydrogens is 492 g/mol. The Morgan fingerprint density at radius 2 is 1.84 bits per heavy atom. The number of rotatable bonds is 9. The summed E-state index contributed by atoms with van der Waals surface area (Å²) in [7, 11) is 3.94. The van der Waals surface area contributed by atoms with Gasteiger partial charge in [0.25, 0.3) is 0 Å². The molecule has 0 radical (unpaired) electrons. The predicted molar refractivity (Wildman–Crippen MR) is 146 cm³/mol. The SMILES string of the molecule is Cc1cc2nccc(Oc3ccc(CNC(=O)Nc4cc(C)c(Cl)cc4OCCN(C)C)cc3C)c2o1. The lowest BCUT2D eigenvalue weighted by Crippen LogP contribution is -2.28. The molecule has 0 aliphatic heterocycles. The molecule has 0 bridgehead atoms. The van der Waals surface area contributed by atoms with E-state index in [0.717, 1.165) is 34.5 Å². The van der Waals surface area contributed by atoms with Crippen LogP contribution in [0.2, 0.25) is 5.02 Å². The van der Waals surface area contributed by atoms with E-state index in [9.17, 15) is 4.79 Å². The van der Waals surface area contributed by atoms with Gasteiger partial charge in [0.2, 0.25) is 0 Å². The number of furan rings is 1. The first-order valence-corrected chi connectivity index (χ1v) is 12.3. The van der Waals surface area contributed by atoms with Crippen LogP contribution in [0, 0.1) is 20.8 Å². The molecular formula is C28H31ClN4O4. The number of amides is 2. The summed E-state index contributed by atoms with van der Waals surface area (Å²) in [5.41, 5.74) is 4.64. The predicted octanol–water partition coefficient (Wildman–Crippen LogP) is 6.46. The Bertz CT molecular complexity index is 1420. The Morgan fingerprint density at radius 3 is 2.59 bits per heavy atom. The molecule has 2 heterocycles. The highest BCUT2D eigenvalue weighted by atomic mass is 35.5. The largest absolute Gasteiger partial charge is 0.490 e. The van der Waals surface area contributed by atoms with Crippen LogP contribution in [0.25, 0.3) is 11.1 Å². The molecule has 0 aliphatic carbocycles. The van der Waals surface area contributed by atoms with E-state index >= 15 is 0 Å². The normalized spacial score (nSPS) is 11.1. The van der Waals surface area contributed by atoms with Crippen molar-refractivity contribution in [3.05, 3.63) is 76.1 Å². The fourth-order valence-electron chi connectivity index (χ4n) is 3.74. The summed E-state index contributed by atoms with van der Waals surface area (Å²) < 4.78 is 17.7. The number of nitrogens with zero attached hydrogens (tertiary/aromatic N) is 2. The quantitative estimate of drug-likeness (QED) is 0.262. The van der Waals surface area contributed by atoms with Crippen LogP contribution in [0.3, 0.4) is 0 Å². The number of halogens is 1. The van der Waals surface area contributed by atoms with Crippen molar-refractivity contribution in [2.24, 2.45) is 0 Å². The summed E-state index contributed by atoms with van der Waals surface area (Å²) in [6.07, 6.45) is 1.69. The van der Waals surface area contributed by atoms with Crippen molar-refractivity contribution in [1.29, 1.82) is 0 Å². The molecule has 0 unspecified atom stereocenters. The molecule has 4 aromatic rings. The maximum Gasteiger partial charge on any atom is 0.319 e. The number of pyridine rings is 1. The molecule has 0 saturated carbocycles. The first-order valence-electron chi connectivity index (χ1n) is 11.9. The zero-order valence-electron chi connectivity index (χ0n) is 21.6. The number of hydrogen-bond donors (Lipinski definition) is 2. The van der Waals surface area contributed by atoms with E-state index in [2.05, 4.69) is 15.6 Å². The smallest absolute Gasteiger partial charge is 0.319 e. The number of nitrogens with one attached hydrogen (secondary N) is 2. The molecule has 0 spiro atoms. The minimum absolute atomic E-state index is 0.341. The number of benzene rings is 2. The molecule has 0 saturated heterocycles. The van der Waals surface area contributed by atoms with Crippen LogP contribution in [-0.2, 0) is 6.54 Å². The Labute approximate surface area is 221 Å². The number of carbonyl (C=O) groups is 1. The van der Waals surface area contributed by atoms with Crippen LogP contribution in [-0.4, -0.2) is 43.2 Å². The maximum atomic E-state index is 12.7. The van der Waals surface area contributed by atoms with E-state index in [1.807, 2.05) is 64.0 Å². The third-order valence-corrected chi connectivity index (χ3v) is 6.12. The lowest BCUT2D eigenvalue weighted by molar-refractivity contribution is 0.250. The summed E-state index contributed by atoms with van der Waals surface area (Å²) in [6.45, 7) is 7.27. The van der Waals surface area contributed by atoms with Gasteiger partial charge in [-0.1, -0.05) is 23.7 Å². The first kappa shape index (κ1) is 26.3. The Balaban J connectivity index is 1.39. The number of likely N-dealkylation sites (N-methyl/N-ethyl adjacent to an activating group) is 1. The van der Waals surface area contributed by atoms with Crippen LogP contribution in [0.15, 0.2) is 53.1 Å². The van der Waals surface area contributed by atoms with Gasteiger partial charge >= 0.3 is 6.03 Å². The summed E-state index contributed by atoms with van der Waals surface area (Å²) in [5, 5.41) is 6.35. The maximum absolute atomic E-state index is 12.7. The summed E-state index contributed by atoms with van der Waals surface area (Å²) in [4.78, 5) is 19.0. The standard InChI is InChI=1S/C28H31ClN4O4/c1-17-13-22(26(15-21(17)29)35-11-10-33(4)5)32-28(34)31-16-20-6-7-24(18(2)12-20)37-25-8-9-30-23-14-19(3)36-27(23)25/h6-9,12-15H,10-11,16H2,1-5H3,(H2,31,32,34). The molecule has 2 N–H and O–H groups in total. The van der Waals surface area contributed by atoms with Gasteiger partial charge in [0.15, 0.2) is 11.3 Å². The fourth-order valence-corrected chi connectivity index (χ4v) is 3.89. The fraction of sp³-hybridized carbons (Fsp3) is 0.286. The second kappa shape index (κ2) is 11.5. The topological polar surface area (TPSA) is 88.9 Å². The van der Waals surface area contributed by atoms with Gasteiger partial charge in [-0.15, -0.1) is 0 Å². The lowest BCUT2D eigenvalue weighted by atomic mass is 10.1. The highest BCUT2D eigenvalue weighted by molar-refractivity contribution is 6.31. The average Bonchev–Trinajstić information content (AvgIpc) is 3.23. The number of aromatic nitrogens is 1. The van der Waals surface area contributed by atoms with Gasteiger partial charge in [0.1, 0.15) is 29.4 Å². The van der Waals surface area contributed by atoms with Gasteiger partial charge < -0.3 is 29.4 Å². The molecule has 37 heavy (non-hydrogen) atoms. The van der Waals surface area contributed by atoms with Gasteiger partial charge in [0.05, 0.1) is 5.69 Å². The van der Waals surface area contributed by atoms with Crippen molar-refractivity contribution < 1.29 is 18.7 Å². The van der Waals surface area contributed by atoms with E-state index in [-0.39, 0.29) is 6.03 Å². The van der Waals surface area contributed by atoms with E-state index in [4.69, 9.17) is 25.5 Å². The van der Waals surface area contributed by atoms with Crippen molar-refractivity contribution >= 4 is 34.4 Å². The van der Waals surface area contributed by atoms with Crippen molar-refractivity contribution in [3.63, 3.8) is 0 Å². The van der Waals surface area contributed by atoms with Gasteiger partial charge in [-0.2, -0.15) is 0 Å². The van der Waals surface area contributed by atoms with Crippen molar-refractivity contribution in [2.45, 2.75) is 27.3 Å². The number of ether oxygens (including phenoxy) is 2. The van der Waals surface area contributed by atoms with E-state index < -0.39 is 0 Å². The van der Waals surface area contributed by atoms with Crippen LogP contribution in [0.4, 0.5) is 10.5 Å². The number of hydrogen-bond acceptors (Lipinski definition) is 6. The second-order valence-corrected chi connectivity index (χ2v) is 9.55. The highest BCUT2D eigenvalue weighted by Crippen LogP contribution is 2.33. The molecule has 2 aromatic carbocycles. The van der Waals surface area contributed by atoms with E-state index in [1.165, 1.54) is 0 Å². The number of urea groups is 1. The number of anilines is 1. The molecule has 0 atom stereocenters. The first-order chi connectivity index (χ1) is 17.7. The average molecular weight is 523 g/mol. The molecule has 9 heteroatoms. The highest BCUT2D eigenvalue weighted by Gasteiger charge is 2.13. The van der Waals surface area contributed by atoms with Crippen molar-refractivity contribution in [1.82, 2.24) is 15.2 Å². The minimum atomic E-state index is -0.343. The minimum Gasteiger partial charge on any atom is -0.490 e. The molecule has 0 fully saturated rings. The number of aryl methyl sites for hydroxylation is 3. The van der Waals surface area contributed by atoms with Crippen LogP contribution in [0.5, 0.6) is 17.2 Å². The summed E-state index contributed by atoms with van der Waals surface area (Å²) in [5.74, 6) is 2.61.